The van der Waals surface area contributed by atoms with Gasteiger partial charge in [0.05, 0.1) is 5.60 Å². The van der Waals surface area contributed by atoms with Gasteiger partial charge in [0.15, 0.2) is 0 Å². The molecular formula is C24H37ClO4. The number of alkyl halides is 1. The molecule has 3 unspecified atom stereocenters. The molecule has 0 aromatic rings. The van der Waals surface area contributed by atoms with Crippen molar-refractivity contribution < 1.29 is 19.4 Å². The van der Waals surface area contributed by atoms with E-state index in [1.54, 1.807) is 6.92 Å². The van der Waals surface area contributed by atoms with Crippen LogP contribution >= 0.6 is 11.6 Å². The van der Waals surface area contributed by atoms with Gasteiger partial charge in [0, 0.05) is 11.8 Å². The van der Waals surface area contributed by atoms with E-state index >= 15 is 0 Å². The number of carbonyl (C=O) groups excluding carboxylic acids is 2. The number of hydrogen-bond donors (Lipinski definition) is 1. The number of hydrogen-bond acceptors (Lipinski definition) is 4. The quantitative estimate of drug-likeness (QED) is 0.524. The maximum atomic E-state index is 12.5. The highest BCUT2D eigenvalue weighted by molar-refractivity contribution is 6.26. The second-order valence-corrected chi connectivity index (χ2v) is 11.7. The molecular weight excluding hydrogens is 388 g/mol. The molecule has 4 nitrogen and oxygen atoms in total. The summed E-state index contributed by atoms with van der Waals surface area (Å²) in [6, 6.07) is 0. The Hall–Kier alpha value is -0.610. The van der Waals surface area contributed by atoms with Crippen LogP contribution in [0.4, 0.5) is 0 Å². The average molecular weight is 425 g/mol. The van der Waals surface area contributed by atoms with Crippen LogP contribution < -0.4 is 0 Å². The van der Waals surface area contributed by atoms with Crippen molar-refractivity contribution in [2.24, 2.45) is 40.4 Å². The second-order valence-electron chi connectivity index (χ2n) is 11.4. The number of ketones is 1. The minimum absolute atomic E-state index is 0.0675. The molecule has 4 aliphatic carbocycles. The lowest BCUT2D eigenvalue weighted by Gasteiger charge is -2.63. The highest BCUT2D eigenvalue weighted by Crippen LogP contribution is 2.68. The van der Waals surface area contributed by atoms with Crippen LogP contribution in [0, 0.1) is 40.4 Å². The van der Waals surface area contributed by atoms with Crippen molar-refractivity contribution in [1.29, 1.82) is 0 Å². The summed E-state index contributed by atoms with van der Waals surface area (Å²) in [5.74, 6) is 1.64. The molecule has 0 bridgehead atoms. The summed E-state index contributed by atoms with van der Waals surface area (Å²) in [4.78, 5) is 24.7. The first-order valence-corrected chi connectivity index (χ1v) is 12.0. The van der Waals surface area contributed by atoms with Gasteiger partial charge >= 0.3 is 5.97 Å². The van der Waals surface area contributed by atoms with Crippen molar-refractivity contribution >= 4 is 23.4 Å². The third-order valence-corrected chi connectivity index (χ3v) is 9.96. The third kappa shape index (κ3) is 3.37. The van der Waals surface area contributed by atoms with Crippen LogP contribution in [-0.4, -0.2) is 34.4 Å². The van der Waals surface area contributed by atoms with Crippen LogP contribution in [0.3, 0.4) is 0 Å². The van der Waals surface area contributed by atoms with Gasteiger partial charge in [-0.2, -0.15) is 0 Å². The van der Waals surface area contributed by atoms with E-state index < -0.39 is 5.60 Å². The molecule has 4 rings (SSSR count). The Morgan fingerprint density at radius 1 is 1.03 bits per heavy atom. The van der Waals surface area contributed by atoms with Gasteiger partial charge in [-0.05, 0) is 93.8 Å². The van der Waals surface area contributed by atoms with E-state index in [1.807, 2.05) is 6.92 Å². The molecule has 5 heteroatoms. The molecule has 0 spiro atoms. The fraction of sp³-hybridized carbons (Fsp3) is 0.917. The van der Waals surface area contributed by atoms with Gasteiger partial charge in [-0.1, -0.05) is 13.8 Å². The van der Waals surface area contributed by atoms with Gasteiger partial charge in [0.25, 0.3) is 0 Å². The number of esters is 1. The molecule has 0 aliphatic heterocycles. The topological polar surface area (TPSA) is 63.6 Å². The lowest BCUT2D eigenvalue weighted by atomic mass is 9.43. The molecule has 0 aromatic heterocycles. The van der Waals surface area contributed by atoms with Crippen molar-refractivity contribution in [2.45, 2.75) is 90.8 Å². The molecule has 0 heterocycles. The van der Waals surface area contributed by atoms with Crippen molar-refractivity contribution in [2.75, 3.05) is 5.88 Å². The van der Waals surface area contributed by atoms with Crippen LogP contribution in [0.2, 0.25) is 0 Å². The largest absolute Gasteiger partial charge is 0.461 e. The van der Waals surface area contributed by atoms with Crippen LogP contribution in [0.25, 0.3) is 0 Å². The molecule has 9 atom stereocenters. The first-order valence-electron chi connectivity index (χ1n) is 11.5. The van der Waals surface area contributed by atoms with Gasteiger partial charge < -0.3 is 9.84 Å². The van der Waals surface area contributed by atoms with E-state index in [2.05, 4.69) is 13.8 Å². The Bertz CT molecular complexity index is 690. The Labute approximate surface area is 180 Å². The molecule has 29 heavy (non-hydrogen) atoms. The lowest BCUT2D eigenvalue weighted by Crippen LogP contribution is -2.61. The van der Waals surface area contributed by atoms with Gasteiger partial charge in [0.1, 0.15) is 17.8 Å². The Morgan fingerprint density at radius 2 is 1.76 bits per heavy atom. The zero-order chi connectivity index (χ0) is 21.2. The third-order valence-electron chi connectivity index (χ3n) is 9.74. The van der Waals surface area contributed by atoms with Crippen molar-refractivity contribution in [3.8, 4) is 0 Å². The summed E-state index contributed by atoms with van der Waals surface area (Å²) >= 11 is 5.82. The average Bonchev–Trinajstić information content (AvgIpc) is 2.98. The molecule has 0 amide bonds. The predicted molar refractivity (Wildman–Crippen MR) is 113 cm³/mol. The Balaban J connectivity index is 1.72. The maximum absolute atomic E-state index is 12.5. The van der Waals surface area contributed by atoms with Crippen LogP contribution in [0.5, 0.6) is 0 Å². The van der Waals surface area contributed by atoms with E-state index in [9.17, 15) is 14.7 Å². The SMILES string of the molecule is CC(=O)[C@H]1CC[C@H]2[C@@H]3CCC4CC(C)(O)CC[C@]4(C)[C@H]3C(OC(=O)CCl)C[C@]12C. The van der Waals surface area contributed by atoms with E-state index in [1.165, 1.54) is 0 Å². The van der Waals surface area contributed by atoms with Gasteiger partial charge in [-0.3, -0.25) is 9.59 Å². The zero-order valence-electron chi connectivity index (χ0n) is 18.4. The van der Waals surface area contributed by atoms with Gasteiger partial charge in [-0.15, -0.1) is 11.6 Å². The summed E-state index contributed by atoms with van der Waals surface area (Å²) in [6.45, 7) is 8.35. The predicted octanol–water partition coefficient (Wildman–Crippen LogP) is 4.75. The number of halogens is 1. The fourth-order valence-electron chi connectivity index (χ4n) is 8.50. The first kappa shape index (κ1) is 21.6. The molecule has 4 saturated carbocycles. The van der Waals surface area contributed by atoms with E-state index in [0.717, 1.165) is 51.4 Å². The highest BCUT2D eigenvalue weighted by Gasteiger charge is 2.65. The summed E-state index contributed by atoms with van der Waals surface area (Å²) in [6.07, 6.45) is 7.51. The number of ether oxygens (including phenoxy) is 1. The van der Waals surface area contributed by atoms with Gasteiger partial charge in [0.2, 0.25) is 0 Å². The second kappa shape index (κ2) is 7.22. The minimum atomic E-state index is -0.588. The number of Topliss-reactive ketones (excluding diaryl/α,β-unsaturated/α-hetero) is 1. The molecule has 0 aromatic carbocycles. The summed E-state index contributed by atoms with van der Waals surface area (Å²) < 4.78 is 6.03. The van der Waals surface area contributed by atoms with Crippen molar-refractivity contribution in [1.82, 2.24) is 0 Å². The number of carbonyl (C=O) groups is 2. The van der Waals surface area contributed by atoms with E-state index in [0.29, 0.717) is 23.7 Å². The van der Waals surface area contributed by atoms with Crippen LogP contribution in [-0.2, 0) is 14.3 Å². The molecule has 4 aliphatic rings. The number of aliphatic hydroxyl groups is 1. The van der Waals surface area contributed by atoms with E-state index in [4.69, 9.17) is 16.3 Å². The maximum Gasteiger partial charge on any atom is 0.321 e. The van der Waals surface area contributed by atoms with Crippen molar-refractivity contribution in [3.63, 3.8) is 0 Å². The van der Waals surface area contributed by atoms with E-state index in [-0.39, 0.29) is 40.5 Å². The molecule has 0 saturated heterocycles. The van der Waals surface area contributed by atoms with Crippen LogP contribution in [0.15, 0.2) is 0 Å². The monoisotopic (exact) mass is 424 g/mol. The highest BCUT2D eigenvalue weighted by atomic mass is 35.5. The van der Waals surface area contributed by atoms with Crippen LogP contribution in [0.1, 0.15) is 79.1 Å². The first-order chi connectivity index (χ1) is 13.5. The summed E-state index contributed by atoms with van der Waals surface area (Å²) in [7, 11) is 0. The summed E-state index contributed by atoms with van der Waals surface area (Å²) in [5.41, 5.74) is -0.610. The molecule has 1 N–H and O–H groups in total. The van der Waals surface area contributed by atoms with Gasteiger partial charge in [-0.25, -0.2) is 0 Å². The molecule has 0 radical (unpaired) electrons. The fourth-order valence-corrected chi connectivity index (χ4v) is 8.56. The lowest BCUT2D eigenvalue weighted by molar-refractivity contribution is -0.203. The molecule has 164 valence electrons. The summed E-state index contributed by atoms with van der Waals surface area (Å²) in [5, 5.41) is 10.7. The Morgan fingerprint density at radius 3 is 2.41 bits per heavy atom. The standard InChI is InChI=1S/C24H37ClO4/c1-14(26)17-7-8-18-16-6-5-15-11-22(2,28)9-10-23(15,3)21(16)19(12-24(17,18)4)29-20(27)13-25/h15-19,21,28H,5-13H2,1-4H3/t15?,16-,17+,18-,19?,21+,22?,23-,24+/m0/s1. The number of rotatable bonds is 3. The zero-order valence-corrected chi connectivity index (χ0v) is 19.1. The normalized spacial score (nSPS) is 51.5. The Kier molecular flexibility index (Phi) is 5.38. The number of fused-ring (bicyclic) bond motifs is 5. The minimum Gasteiger partial charge on any atom is -0.461 e. The molecule has 4 fully saturated rings. The smallest absolute Gasteiger partial charge is 0.321 e. The van der Waals surface area contributed by atoms with Crippen molar-refractivity contribution in [3.05, 3.63) is 0 Å².